The first-order chi connectivity index (χ1) is 18.4. The van der Waals surface area contributed by atoms with Crippen LogP contribution in [-0.4, -0.2) is 73.4 Å². The lowest BCUT2D eigenvalue weighted by Gasteiger charge is -2.20. The SMILES string of the molecule is CCOC(=O)CN(CCCCOc1cc2ncnc(Nc3cccc(Br)c3)c2cc1OC)CC(=O)OCC. The van der Waals surface area contributed by atoms with Crippen molar-refractivity contribution in [2.75, 3.05) is 51.9 Å². The third kappa shape index (κ3) is 8.84. The highest BCUT2D eigenvalue weighted by molar-refractivity contribution is 9.10. The Balaban J connectivity index is 1.61. The molecule has 10 nitrogen and oxygen atoms in total. The van der Waals surface area contributed by atoms with Crippen molar-refractivity contribution in [3.63, 3.8) is 0 Å². The molecule has 3 rings (SSSR count). The minimum Gasteiger partial charge on any atom is -0.493 e. The summed E-state index contributed by atoms with van der Waals surface area (Å²) in [6.07, 6.45) is 2.90. The van der Waals surface area contributed by atoms with Crippen LogP contribution in [0, 0.1) is 0 Å². The second-order valence-corrected chi connectivity index (χ2v) is 9.17. The van der Waals surface area contributed by atoms with Crippen LogP contribution in [0.5, 0.6) is 11.5 Å². The number of halogens is 1. The van der Waals surface area contributed by atoms with E-state index in [-0.39, 0.29) is 25.0 Å². The number of nitrogens with zero attached hydrogens (tertiary/aromatic N) is 3. The largest absolute Gasteiger partial charge is 0.493 e. The fourth-order valence-corrected chi connectivity index (χ4v) is 4.15. The molecule has 0 radical (unpaired) electrons. The lowest BCUT2D eigenvalue weighted by atomic mass is 10.2. The quantitative estimate of drug-likeness (QED) is 0.197. The average molecular weight is 589 g/mol. The average Bonchev–Trinajstić information content (AvgIpc) is 2.88. The summed E-state index contributed by atoms with van der Waals surface area (Å²) in [6, 6.07) is 11.5. The number of nitrogens with one attached hydrogen (secondary N) is 1. The second-order valence-electron chi connectivity index (χ2n) is 8.25. The van der Waals surface area contributed by atoms with Gasteiger partial charge in [0, 0.05) is 21.6 Å². The fourth-order valence-electron chi connectivity index (χ4n) is 3.75. The van der Waals surface area contributed by atoms with E-state index in [1.54, 1.807) is 25.9 Å². The van der Waals surface area contributed by atoms with E-state index in [9.17, 15) is 9.59 Å². The van der Waals surface area contributed by atoms with E-state index in [2.05, 4.69) is 31.2 Å². The normalized spacial score (nSPS) is 10.9. The molecule has 0 atom stereocenters. The van der Waals surface area contributed by atoms with Crippen molar-refractivity contribution in [1.82, 2.24) is 14.9 Å². The Labute approximate surface area is 230 Å². The van der Waals surface area contributed by atoms with Crippen molar-refractivity contribution in [2.24, 2.45) is 0 Å². The summed E-state index contributed by atoms with van der Waals surface area (Å²) >= 11 is 3.48. The number of carbonyl (C=O) groups is 2. The number of ether oxygens (including phenoxy) is 4. The summed E-state index contributed by atoms with van der Waals surface area (Å²) in [6.45, 7) is 5.08. The van der Waals surface area contributed by atoms with E-state index >= 15 is 0 Å². The molecule has 0 aliphatic rings. The van der Waals surface area contributed by atoms with Gasteiger partial charge in [0.2, 0.25) is 0 Å². The maximum absolute atomic E-state index is 11.9. The standard InChI is InChI=1S/C27H33BrN4O6/c1-4-36-25(33)16-32(17-26(34)37-5-2)11-6-7-12-38-24-15-22-21(14-23(24)35-3)27(30-18-29-22)31-20-10-8-9-19(28)13-20/h8-10,13-15,18H,4-7,11-12,16-17H2,1-3H3,(H,29,30,31). The number of fused-ring (bicyclic) bond motifs is 1. The van der Waals surface area contributed by atoms with Gasteiger partial charge in [-0.3, -0.25) is 14.5 Å². The smallest absolute Gasteiger partial charge is 0.320 e. The van der Waals surface area contributed by atoms with Gasteiger partial charge in [-0.15, -0.1) is 0 Å². The molecule has 0 fully saturated rings. The highest BCUT2D eigenvalue weighted by atomic mass is 79.9. The lowest BCUT2D eigenvalue weighted by Crippen LogP contribution is -2.37. The zero-order chi connectivity index (χ0) is 27.3. The first kappa shape index (κ1) is 29.1. The molecule has 0 unspecified atom stereocenters. The molecule has 204 valence electrons. The van der Waals surface area contributed by atoms with Crippen LogP contribution in [0.2, 0.25) is 0 Å². The third-order valence-corrected chi connectivity index (χ3v) is 5.94. The van der Waals surface area contributed by atoms with Crippen molar-refractivity contribution in [3.05, 3.63) is 47.2 Å². The molecule has 0 saturated heterocycles. The number of carbonyl (C=O) groups excluding carboxylic acids is 2. The van der Waals surface area contributed by atoms with Gasteiger partial charge < -0.3 is 24.3 Å². The van der Waals surface area contributed by atoms with Gasteiger partial charge in [-0.05, 0) is 57.5 Å². The number of rotatable bonds is 15. The maximum Gasteiger partial charge on any atom is 0.320 e. The van der Waals surface area contributed by atoms with Crippen molar-refractivity contribution in [2.45, 2.75) is 26.7 Å². The van der Waals surface area contributed by atoms with Crippen molar-refractivity contribution in [1.29, 1.82) is 0 Å². The topological polar surface area (TPSA) is 112 Å². The predicted octanol–water partition coefficient (Wildman–Crippen LogP) is 4.73. The Morgan fingerprint density at radius 3 is 2.37 bits per heavy atom. The van der Waals surface area contributed by atoms with Gasteiger partial charge in [0.1, 0.15) is 12.1 Å². The molecule has 0 amide bonds. The van der Waals surface area contributed by atoms with Gasteiger partial charge in [-0.1, -0.05) is 22.0 Å². The van der Waals surface area contributed by atoms with E-state index in [1.165, 1.54) is 6.33 Å². The summed E-state index contributed by atoms with van der Waals surface area (Å²) in [5, 5.41) is 4.12. The molecule has 0 saturated carbocycles. The predicted molar refractivity (Wildman–Crippen MR) is 148 cm³/mol. The number of unbranched alkanes of at least 4 members (excludes halogenated alkanes) is 1. The number of benzene rings is 2. The molecule has 0 spiro atoms. The minimum atomic E-state index is -0.371. The lowest BCUT2D eigenvalue weighted by molar-refractivity contribution is -0.148. The van der Waals surface area contributed by atoms with E-state index in [1.807, 2.05) is 36.4 Å². The number of esters is 2. The summed E-state index contributed by atoms with van der Waals surface area (Å²) < 4.78 is 22.6. The first-order valence-corrected chi connectivity index (χ1v) is 13.2. The summed E-state index contributed by atoms with van der Waals surface area (Å²) in [5.41, 5.74) is 1.60. The van der Waals surface area contributed by atoms with Gasteiger partial charge in [0.25, 0.3) is 0 Å². The van der Waals surface area contributed by atoms with Gasteiger partial charge in [0.15, 0.2) is 11.5 Å². The van der Waals surface area contributed by atoms with Crippen LogP contribution in [0.4, 0.5) is 11.5 Å². The molecule has 38 heavy (non-hydrogen) atoms. The monoisotopic (exact) mass is 588 g/mol. The van der Waals surface area contributed by atoms with E-state index < -0.39 is 0 Å². The molecule has 1 N–H and O–H groups in total. The van der Waals surface area contributed by atoms with Gasteiger partial charge in [-0.25, -0.2) is 9.97 Å². The molecule has 1 heterocycles. The van der Waals surface area contributed by atoms with E-state index in [4.69, 9.17) is 18.9 Å². The van der Waals surface area contributed by atoms with Crippen LogP contribution in [0.15, 0.2) is 47.2 Å². The van der Waals surface area contributed by atoms with Crippen LogP contribution >= 0.6 is 15.9 Å². The Hall–Kier alpha value is -3.44. The van der Waals surface area contributed by atoms with E-state index in [0.717, 1.165) is 15.5 Å². The molecule has 3 aromatic rings. The molecular weight excluding hydrogens is 556 g/mol. The number of hydrogen-bond donors (Lipinski definition) is 1. The molecule has 0 aliphatic heterocycles. The maximum atomic E-state index is 11.9. The van der Waals surface area contributed by atoms with Crippen molar-refractivity contribution in [3.8, 4) is 11.5 Å². The Bertz CT molecular complexity index is 1210. The van der Waals surface area contributed by atoms with Gasteiger partial charge >= 0.3 is 11.9 Å². The highest BCUT2D eigenvalue weighted by Crippen LogP contribution is 2.35. The van der Waals surface area contributed by atoms with Crippen LogP contribution in [-0.2, 0) is 19.1 Å². The number of hydrogen-bond acceptors (Lipinski definition) is 10. The van der Waals surface area contributed by atoms with Crippen LogP contribution in [0.25, 0.3) is 10.9 Å². The summed E-state index contributed by atoms with van der Waals surface area (Å²) in [7, 11) is 1.59. The second kappa shape index (κ2) is 15.1. The first-order valence-electron chi connectivity index (χ1n) is 12.4. The van der Waals surface area contributed by atoms with Crippen LogP contribution in [0.3, 0.4) is 0 Å². The fraction of sp³-hybridized carbons (Fsp3) is 0.407. The summed E-state index contributed by atoms with van der Waals surface area (Å²) in [4.78, 5) is 34.4. The van der Waals surface area contributed by atoms with E-state index in [0.29, 0.717) is 62.0 Å². The van der Waals surface area contributed by atoms with Crippen molar-refractivity contribution >= 4 is 50.3 Å². The van der Waals surface area contributed by atoms with Crippen molar-refractivity contribution < 1.29 is 28.5 Å². The Morgan fingerprint density at radius 2 is 1.71 bits per heavy atom. The zero-order valence-corrected chi connectivity index (χ0v) is 23.5. The van der Waals surface area contributed by atoms with Crippen LogP contribution < -0.4 is 14.8 Å². The molecular formula is C27H33BrN4O6. The number of aromatic nitrogens is 2. The zero-order valence-electron chi connectivity index (χ0n) is 21.9. The van der Waals surface area contributed by atoms with Crippen LogP contribution in [0.1, 0.15) is 26.7 Å². The molecule has 11 heteroatoms. The number of methoxy groups -OCH3 is 1. The number of anilines is 2. The Morgan fingerprint density at radius 1 is 0.974 bits per heavy atom. The highest BCUT2D eigenvalue weighted by Gasteiger charge is 2.16. The Kier molecular flexibility index (Phi) is 11.6. The molecule has 0 bridgehead atoms. The molecule has 2 aromatic carbocycles. The van der Waals surface area contributed by atoms with Gasteiger partial charge in [0.05, 0.1) is 45.5 Å². The minimum absolute atomic E-state index is 0.0298. The third-order valence-electron chi connectivity index (χ3n) is 5.45. The van der Waals surface area contributed by atoms with Gasteiger partial charge in [-0.2, -0.15) is 0 Å². The molecule has 0 aliphatic carbocycles. The molecule has 1 aromatic heterocycles. The summed E-state index contributed by atoms with van der Waals surface area (Å²) in [5.74, 6) is 1.05.